The molecule has 0 aliphatic heterocycles. The van der Waals surface area contributed by atoms with Gasteiger partial charge >= 0.3 is 0 Å². The Morgan fingerprint density at radius 1 is 1.55 bits per heavy atom. The van der Waals surface area contributed by atoms with Crippen LogP contribution in [0.1, 0.15) is 5.56 Å². The fraction of sp³-hybridized carbons (Fsp3) is 0.143. The number of aliphatic hydroxyl groups excluding tert-OH is 1. The number of hydrogen-bond donors (Lipinski definition) is 2. The third-order valence-corrected chi connectivity index (χ3v) is 1.61. The van der Waals surface area contributed by atoms with E-state index in [0.29, 0.717) is 0 Å². The van der Waals surface area contributed by atoms with E-state index >= 15 is 0 Å². The first-order valence-corrected chi connectivity index (χ1v) is 3.29. The molecular weight excluding hydrogens is 142 g/mol. The predicted molar refractivity (Wildman–Crippen MR) is 39.8 cm³/mol. The minimum absolute atomic E-state index is 0.0263. The van der Waals surface area contributed by atoms with E-state index in [1.54, 1.807) is 18.5 Å². The quantitative estimate of drug-likeness (QED) is 0.618. The third-order valence-electron chi connectivity index (χ3n) is 1.61. The standard InChI is InChI=1S/C7H7N3O/c11-4-5-1-2-8-7-6(5)3-9-10-7/h1-3,11H,4H2,(H,8,9,10). The average molecular weight is 149 g/mol. The molecule has 2 aromatic rings. The van der Waals surface area contributed by atoms with Crippen molar-refractivity contribution >= 4 is 11.0 Å². The largest absolute Gasteiger partial charge is 0.392 e. The lowest BCUT2D eigenvalue weighted by Crippen LogP contribution is -1.84. The van der Waals surface area contributed by atoms with Crippen LogP contribution in [-0.2, 0) is 6.61 Å². The summed E-state index contributed by atoms with van der Waals surface area (Å²) in [5.41, 5.74) is 1.57. The van der Waals surface area contributed by atoms with Crippen molar-refractivity contribution in [3.8, 4) is 0 Å². The molecule has 4 nitrogen and oxygen atoms in total. The summed E-state index contributed by atoms with van der Waals surface area (Å²) in [5.74, 6) is 0. The van der Waals surface area contributed by atoms with Crippen LogP contribution < -0.4 is 0 Å². The normalized spacial score (nSPS) is 10.6. The van der Waals surface area contributed by atoms with E-state index in [1.807, 2.05) is 0 Å². The highest BCUT2D eigenvalue weighted by Gasteiger charge is 2.00. The predicted octanol–water partition coefficient (Wildman–Crippen LogP) is 0.450. The number of rotatable bonds is 1. The van der Waals surface area contributed by atoms with Gasteiger partial charge in [0.05, 0.1) is 12.8 Å². The van der Waals surface area contributed by atoms with E-state index in [4.69, 9.17) is 5.11 Å². The lowest BCUT2D eigenvalue weighted by Gasteiger charge is -1.94. The third kappa shape index (κ3) is 0.877. The Morgan fingerprint density at radius 3 is 3.27 bits per heavy atom. The van der Waals surface area contributed by atoms with Gasteiger partial charge in [-0.15, -0.1) is 0 Å². The molecule has 2 N–H and O–H groups in total. The second-order valence-corrected chi connectivity index (χ2v) is 2.26. The van der Waals surface area contributed by atoms with E-state index in [1.165, 1.54) is 0 Å². The minimum atomic E-state index is 0.0263. The second kappa shape index (κ2) is 2.32. The molecule has 0 spiro atoms. The van der Waals surface area contributed by atoms with Gasteiger partial charge in [-0.3, -0.25) is 5.10 Å². The van der Waals surface area contributed by atoms with Crippen molar-refractivity contribution < 1.29 is 5.11 Å². The minimum Gasteiger partial charge on any atom is -0.392 e. The molecule has 2 heterocycles. The summed E-state index contributed by atoms with van der Waals surface area (Å²) in [7, 11) is 0. The molecule has 0 aliphatic rings. The van der Waals surface area contributed by atoms with Gasteiger partial charge in [0.25, 0.3) is 0 Å². The van der Waals surface area contributed by atoms with Crippen LogP contribution in [0.3, 0.4) is 0 Å². The van der Waals surface area contributed by atoms with E-state index < -0.39 is 0 Å². The Hall–Kier alpha value is -1.42. The van der Waals surface area contributed by atoms with E-state index in [0.717, 1.165) is 16.6 Å². The van der Waals surface area contributed by atoms with Gasteiger partial charge in [0.2, 0.25) is 0 Å². The second-order valence-electron chi connectivity index (χ2n) is 2.26. The highest BCUT2D eigenvalue weighted by atomic mass is 16.3. The van der Waals surface area contributed by atoms with Crippen molar-refractivity contribution in [3.63, 3.8) is 0 Å². The molecule has 11 heavy (non-hydrogen) atoms. The smallest absolute Gasteiger partial charge is 0.155 e. The molecule has 2 rings (SSSR count). The molecule has 0 radical (unpaired) electrons. The summed E-state index contributed by atoms with van der Waals surface area (Å²) < 4.78 is 0. The summed E-state index contributed by atoms with van der Waals surface area (Å²) >= 11 is 0. The van der Waals surface area contributed by atoms with E-state index in [9.17, 15) is 0 Å². The number of aromatic amines is 1. The highest BCUT2D eigenvalue weighted by molar-refractivity contribution is 5.77. The van der Waals surface area contributed by atoms with Crippen LogP contribution in [0.5, 0.6) is 0 Å². The molecule has 0 fully saturated rings. The zero-order valence-electron chi connectivity index (χ0n) is 5.78. The van der Waals surface area contributed by atoms with Gasteiger partial charge < -0.3 is 5.11 Å². The number of aliphatic hydroxyl groups is 1. The molecule has 0 amide bonds. The SMILES string of the molecule is OCc1ccnc2[nH]ncc12. The molecule has 2 aromatic heterocycles. The molecule has 0 aliphatic carbocycles. The van der Waals surface area contributed by atoms with Gasteiger partial charge in [-0.1, -0.05) is 0 Å². The first-order chi connectivity index (χ1) is 5.42. The molecule has 4 heteroatoms. The summed E-state index contributed by atoms with van der Waals surface area (Å²) in [6.45, 7) is 0.0263. The van der Waals surface area contributed by atoms with Crippen LogP contribution in [0.25, 0.3) is 11.0 Å². The molecule has 0 bridgehead atoms. The van der Waals surface area contributed by atoms with Gasteiger partial charge in [0.15, 0.2) is 5.65 Å². The monoisotopic (exact) mass is 149 g/mol. The summed E-state index contributed by atoms with van der Waals surface area (Å²) in [6, 6.07) is 1.78. The Labute approximate surface area is 62.9 Å². The molecule has 56 valence electrons. The van der Waals surface area contributed by atoms with Gasteiger partial charge in [0.1, 0.15) is 0 Å². The van der Waals surface area contributed by atoms with Gasteiger partial charge in [-0.25, -0.2) is 4.98 Å². The number of fused-ring (bicyclic) bond motifs is 1. The van der Waals surface area contributed by atoms with Crippen LogP contribution >= 0.6 is 0 Å². The Morgan fingerprint density at radius 2 is 2.45 bits per heavy atom. The highest BCUT2D eigenvalue weighted by Crippen LogP contribution is 2.12. The topological polar surface area (TPSA) is 61.8 Å². The molecule has 0 saturated heterocycles. The van der Waals surface area contributed by atoms with Crippen LogP contribution in [0.2, 0.25) is 0 Å². The van der Waals surface area contributed by atoms with Crippen molar-refractivity contribution in [1.29, 1.82) is 0 Å². The lowest BCUT2D eigenvalue weighted by atomic mass is 10.2. The number of pyridine rings is 1. The fourth-order valence-corrected chi connectivity index (χ4v) is 1.04. The van der Waals surface area contributed by atoms with Crippen LogP contribution in [0.15, 0.2) is 18.5 Å². The van der Waals surface area contributed by atoms with Crippen LogP contribution in [0, 0.1) is 0 Å². The number of nitrogens with zero attached hydrogens (tertiary/aromatic N) is 2. The molecule has 0 saturated carbocycles. The summed E-state index contributed by atoms with van der Waals surface area (Å²) in [4.78, 5) is 4.02. The van der Waals surface area contributed by atoms with Crippen molar-refractivity contribution in [1.82, 2.24) is 15.2 Å². The van der Waals surface area contributed by atoms with Gasteiger partial charge in [0, 0.05) is 11.6 Å². The Kier molecular flexibility index (Phi) is 1.33. The Balaban J connectivity index is 2.79. The van der Waals surface area contributed by atoms with Crippen molar-refractivity contribution in [2.75, 3.05) is 0 Å². The molecule has 0 atom stereocenters. The van der Waals surface area contributed by atoms with Crippen LogP contribution in [-0.4, -0.2) is 20.3 Å². The van der Waals surface area contributed by atoms with Gasteiger partial charge in [-0.2, -0.15) is 5.10 Å². The number of hydrogen-bond acceptors (Lipinski definition) is 3. The molecule has 0 aromatic carbocycles. The van der Waals surface area contributed by atoms with E-state index in [-0.39, 0.29) is 6.61 Å². The average Bonchev–Trinajstić information content (AvgIpc) is 2.50. The first kappa shape index (κ1) is 6.30. The van der Waals surface area contributed by atoms with E-state index in [2.05, 4.69) is 15.2 Å². The van der Waals surface area contributed by atoms with Crippen molar-refractivity contribution in [2.45, 2.75) is 6.61 Å². The number of H-pyrrole nitrogens is 1. The maximum Gasteiger partial charge on any atom is 0.155 e. The van der Waals surface area contributed by atoms with Crippen molar-refractivity contribution in [2.24, 2.45) is 0 Å². The van der Waals surface area contributed by atoms with Gasteiger partial charge in [-0.05, 0) is 11.6 Å². The number of nitrogens with one attached hydrogen (secondary N) is 1. The molecule has 0 unspecified atom stereocenters. The first-order valence-electron chi connectivity index (χ1n) is 3.29. The summed E-state index contributed by atoms with van der Waals surface area (Å²) in [5, 5.41) is 16.3. The zero-order chi connectivity index (χ0) is 7.68. The lowest BCUT2D eigenvalue weighted by molar-refractivity contribution is 0.283. The van der Waals surface area contributed by atoms with Crippen LogP contribution in [0.4, 0.5) is 0 Å². The summed E-state index contributed by atoms with van der Waals surface area (Å²) in [6.07, 6.45) is 3.31. The Bertz CT molecular complexity index is 368. The fourth-order valence-electron chi connectivity index (χ4n) is 1.04. The van der Waals surface area contributed by atoms with Crippen molar-refractivity contribution in [3.05, 3.63) is 24.0 Å². The zero-order valence-corrected chi connectivity index (χ0v) is 5.78. The molecular formula is C7H7N3O. The number of aromatic nitrogens is 3. The maximum absolute atomic E-state index is 8.88. The maximum atomic E-state index is 8.88.